The van der Waals surface area contributed by atoms with Crippen molar-refractivity contribution in [2.24, 2.45) is 5.16 Å². The van der Waals surface area contributed by atoms with Crippen molar-refractivity contribution in [1.29, 1.82) is 0 Å². The predicted molar refractivity (Wildman–Crippen MR) is 140 cm³/mol. The molecule has 5 heterocycles. The molecule has 2 aliphatic rings. The number of fused-ring (bicyclic) bond motifs is 1. The van der Waals surface area contributed by atoms with Gasteiger partial charge in [-0.2, -0.15) is 4.57 Å². The average Bonchev–Trinajstić information content (AvgIpc) is 3.52. The van der Waals surface area contributed by atoms with Crippen LogP contribution in [0.2, 0.25) is 0 Å². The Morgan fingerprint density at radius 3 is 2.72 bits per heavy atom. The summed E-state index contributed by atoms with van der Waals surface area (Å²) in [4.78, 5) is 52.8. The number of carbonyl (C=O) groups is 3. The first kappa shape index (κ1) is 26.4. The first-order valence-corrected chi connectivity index (χ1v) is 14.0. The van der Waals surface area contributed by atoms with Gasteiger partial charge in [-0.25, -0.2) is 9.97 Å². The predicted octanol–water partition coefficient (Wildman–Crippen LogP) is -1.22. The highest BCUT2D eigenvalue weighted by Gasteiger charge is 2.53. The van der Waals surface area contributed by atoms with Crippen molar-refractivity contribution in [3.05, 3.63) is 57.9 Å². The zero-order chi connectivity index (χ0) is 27.7. The number of β-lactam (4-membered cyclic amide) rings is 1. The van der Waals surface area contributed by atoms with Gasteiger partial charge in [0.15, 0.2) is 41.1 Å². The highest BCUT2D eigenvalue weighted by molar-refractivity contribution is 8.00. The molecule has 1 fully saturated rings. The fourth-order valence-electron chi connectivity index (χ4n) is 3.98. The number of oxime groups is 1. The summed E-state index contributed by atoms with van der Waals surface area (Å²) in [6, 6.07) is 2.07. The molecule has 0 saturated carbocycles. The molecule has 3 aromatic rings. The van der Waals surface area contributed by atoms with Crippen molar-refractivity contribution in [3.8, 4) is 5.75 Å². The van der Waals surface area contributed by atoms with E-state index in [0.29, 0.717) is 16.4 Å². The molecule has 39 heavy (non-hydrogen) atoms. The highest BCUT2D eigenvalue weighted by Crippen LogP contribution is 2.40. The number of aromatic nitrogens is 3. The lowest BCUT2D eigenvalue weighted by Crippen LogP contribution is -2.71. The molecule has 1 unspecified atom stereocenters. The third-order valence-electron chi connectivity index (χ3n) is 5.66. The van der Waals surface area contributed by atoms with Crippen LogP contribution in [0.5, 0.6) is 5.75 Å². The molecule has 2 aliphatic heterocycles. The van der Waals surface area contributed by atoms with E-state index in [2.05, 4.69) is 20.4 Å². The minimum Gasteiger partial charge on any atom is -0.543 e. The molecule has 0 bridgehead atoms. The van der Waals surface area contributed by atoms with Gasteiger partial charge >= 0.3 is 0 Å². The van der Waals surface area contributed by atoms with E-state index in [-0.39, 0.29) is 46.9 Å². The summed E-state index contributed by atoms with van der Waals surface area (Å²) >= 11 is 3.61. The van der Waals surface area contributed by atoms with Crippen LogP contribution in [0.4, 0.5) is 10.3 Å². The number of nitrogens with one attached hydrogen (secondary N) is 1. The maximum atomic E-state index is 13.2. The summed E-state index contributed by atoms with van der Waals surface area (Å²) < 4.78 is 1.60. The van der Waals surface area contributed by atoms with E-state index in [0.717, 1.165) is 16.2 Å². The third kappa shape index (κ3) is 5.50. The quantitative estimate of drug-likeness (QED) is 0.101. The fourth-order valence-corrected chi connectivity index (χ4v) is 6.41. The number of nitrogens with zero attached hydrogens (tertiary/aromatic N) is 5. The number of nitrogen functional groups attached to an aromatic ring is 2. The Bertz CT molecular complexity index is 1520. The van der Waals surface area contributed by atoms with Gasteiger partial charge in [0, 0.05) is 28.2 Å². The summed E-state index contributed by atoms with van der Waals surface area (Å²) in [6.07, 6.45) is 3.10. The number of hydrogen-bond acceptors (Lipinski definition) is 14. The van der Waals surface area contributed by atoms with Crippen molar-refractivity contribution >= 4 is 68.2 Å². The molecule has 3 aromatic heterocycles. The smallest absolute Gasteiger partial charge is 0.276 e. The first-order chi connectivity index (χ1) is 18.7. The van der Waals surface area contributed by atoms with Gasteiger partial charge in [-0.05, 0) is 6.07 Å². The van der Waals surface area contributed by atoms with Gasteiger partial charge in [0.1, 0.15) is 17.1 Å². The lowest BCUT2D eigenvalue weighted by Gasteiger charge is -2.50. The number of carboxylic acid groups (broad SMARTS) is 1. The molecule has 0 aliphatic carbocycles. The van der Waals surface area contributed by atoms with E-state index < -0.39 is 29.2 Å². The molecule has 0 spiro atoms. The zero-order valence-corrected chi connectivity index (χ0v) is 22.3. The molecule has 14 nitrogen and oxygen atoms in total. The maximum absolute atomic E-state index is 13.2. The van der Waals surface area contributed by atoms with Crippen molar-refractivity contribution in [2.45, 2.75) is 24.6 Å². The van der Waals surface area contributed by atoms with E-state index in [1.165, 1.54) is 40.7 Å². The van der Waals surface area contributed by atoms with Gasteiger partial charge in [0.2, 0.25) is 6.20 Å². The van der Waals surface area contributed by atoms with Crippen LogP contribution < -0.4 is 26.5 Å². The number of rotatable bonds is 9. The lowest BCUT2D eigenvalue weighted by atomic mass is 10.0. The molecule has 0 radical (unpaired) electrons. The van der Waals surface area contributed by atoms with Crippen molar-refractivity contribution in [3.63, 3.8) is 0 Å². The molecule has 202 valence electrons. The second kappa shape index (κ2) is 10.9. The highest BCUT2D eigenvalue weighted by atomic mass is 32.2. The Kier molecular flexibility index (Phi) is 7.36. The SMILES string of the molecule is Nc1nc(CO/N=C(\C(=O)NC2C(=O)N3C(C(=O)[O-])=C(C[n+]4cccc(O)c4)CS[C@H]23)c2csc(N)n2)cs1. The third-order valence-corrected chi connectivity index (χ3v) is 8.40. The van der Waals surface area contributed by atoms with Crippen LogP contribution in [0.3, 0.4) is 0 Å². The van der Waals surface area contributed by atoms with Crippen LogP contribution in [0.25, 0.3) is 0 Å². The van der Waals surface area contributed by atoms with Crippen LogP contribution in [-0.4, -0.2) is 60.6 Å². The van der Waals surface area contributed by atoms with Crippen LogP contribution in [0.15, 0.2) is 51.7 Å². The normalized spacial score (nSPS) is 18.9. The van der Waals surface area contributed by atoms with Crippen LogP contribution in [0.1, 0.15) is 11.4 Å². The fraction of sp³-hybridized carbons (Fsp3) is 0.227. The first-order valence-electron chi connectivity index (χ1n) is 11.2. The molecule has 2 amide bonds. The number of pyridine rings is 1. The Morgan fingerprint density at radius 1 is 1.28 bits per heavy atom. The van der Waals surface area contributed by atoms with Gasteiger partial charge < -0.3 is 36.6 Å². The summed E-state index contributed by atoms with van der Waals surface area (Å²) in [6.45, 7) is 0.0702. The van der Waals surface area contributed by atoms with E-state index in [9.17, 15) is 24.6 Å². The van der Waals surface area contributed by atoms with Crippen LogP contribution in [-0.2, 0) is 32.4 Å². The molecule has 1 saturated heterocycles. The number of hydrogen-bond donors (Lipinski definition) is 4. The Balaban J connectivity index is 1.32. The minimum atomic E-state index is -1.51. The largest absolute Gasteiger partial charge is 0.543 e. The minimum absolute atomic E-state index is 0.0104. The molecule has 17 heteroatoms. The van der Waals surface area contributed by atoms with E-state index in [1.54, 1.807) is 22.2 Å². The average molecular weight is 589 g/mol. The van der Waals surface area contributed by atoms with E-state index >= 15 is 0 Å². The molecular formula is C22H20N8O6S3. The van der Waals surface area contributed by atoms with Gasteiger partial charge in [-0.1, -0.05) is 5.16 Å². The Morgan fingerprint density at radius 2 is 2.05 bits per heavy atom. The number of anilines is 2. The van der Waals surface area contributed by atoms with Gasteiger partial charge in [0.05, 0.1) is 17.4 Å². The second-order valence-corrected chi connectivity index (χ2v) is 11.2. The number of thiazole rings is 2. The topological polar surface area (TPSA) is 213 Å². The molecule has 0 aromatic carbocycles. The number of aromatic hydroxyl groups is 1. The number of nitrogens with two attached hydrogens (primary N) is 2. The molecule has 2 atom stereocenters. The summed E-state index contributed by atoms with van der Waals surface area (Å²) in [5.41, 5.74) is 12.0. The maximum Gasteiger partial charge on any atom is 0.276 e. The van der Waals surface area contributed by atoms with Crippen LogP contribution >= 0.6 is 34.4 Å². The van der Waals surface area contributed by atoms with Gasteiger partial charge in [-0.15, -0.1) is 34.4 Å². The Labute approximate surface area is 232 Å². The van der Waals surface area contributed by atoms with Gasteiger partial charge in [-0.3, -0.25) is 14.5 Å². The number of carbonyl (C=O) groups excluding carboxylic acids is 3. The second-order valence-electron chi connectivity index (χ2n) is 8.30. The lowest BCUT2D eigenvalue weighted by molar-refractivity contribution is -0.689. The summed E-state index contributed by atoms with van der Waals surface area (Å²) in [5, 5.41) is 31.4. The van der Waals surface area contributed by atoms with E-state index in [4.69, 9.17) is 16.3 Å². The van der Waals surface area contributed by atoms with Crippen molar-refractivity contribution in [2.75, 3.05) is 17.2 Å². The van der Waals surface area contributed by atoms with E-state index in [1.807, 2.05) is 0 Å². The number of amides is 2. The van der Waals surface area contributed by atoms with Crippen LogP contribution in [0, 0.1) is 0 Å². The standard InChI is InChI=1S/C22H20N8O6S3/c23-21-25-11(8-38-21)6-36-28-14(13-9-39-22(24)26-13)17(32)27-15-18(33)30-16(20(34)35)10(7-37-19(15)30)4-29-3-1-2-12(31)5-29/h1-3,5,8-9,15,19H,4,6-7H2,(H6-,23,24,25,26,27,31,32,34,35)/b28-14-/t15?,19-/m1/s1. The number of carboxylic acids is 1. The summed E-state index contributed by atoms with van der Waals surface area (Å²) in [5.74, 6) is -2.61. The molecule has 5 rings (SSSR count). The monoisotopic (exact) mass is 588 g/mol. The summed E-state index contributed by atoms with van der Waals surface area (Å²) in [7, 11) is 0. The molecular weight excluding hydrogens is 568 g/mol. The van der Waals surface area contributed by atoms with Crippen molar-refractivity contribution < 1.29 is 34.0 Å². The Hall–Kier alpha value is -4.22. The zero-order valence-electron chi connectivity index (χ0n) is 19.8. The van der Waals surface area contributed by atoms with Gasteiger partial charge in [0.25, 0.3) is 11.8 Å². The number of aliphatic carboxylic acids is 1. The number of thioether (sulfide) groups is 1. The molecule has 6 N–H and O–H groups in total. The van der Waals surface area contributed by atoms with Crippen molar-refractivity contribution in [1.82, 2.24) is 20.2 Å².